The van der Waals surface area contributed by atoms with Crippen LogP contribution in [0.25, 0.3) is 22.1 Å². The SMILES string of the molecule is C#CCOc1ccc2oc(=O)c(-c3ccccc3)cc2c1. The zero-order chi connectivity index (χ0) is 14.7. The number of rotatable bonds is 3. The Bertz CT molecular complexity index is 870. The highest BCUT2D eigenvalue weighted by atomic mass is 16.5. The Morgan fingerprint density at radius 3 is 2.67 bits per heavy atom. The Labute approximate surface area is 121 Å². The maximum Gasteiger partial charge on any atom is 0.344 e. The van der Waals surface area contributed by atoms with Gasteiger partial charge in [-0.1, -0.05) is 36.3 Å². The van der Waals surface area contributed by atoms with Crippen molar-refractivity contribution in [3.63, 3.8) is 0 Å². The van der Waals surface area contributed by atoms with E-state index < -0.39 is 0 Å². The predicted octanol–water partition coefficient (Wildman–Crippen LogP) is 3.47. The van der Waals surface area contributed by atoms with Crippen LogP contribution in [0.5, 0.6) is 5.75 Å². The Balaban J connectivity index is 2.12. The minimum atomic E-state index is -0.356. The van der Waals surface area contributed by atoms with Crippen LogP contribution < -0.4 is 10.4 Å². The van der Waals surface area contributed by atoms with Crippen molar-refractivity contribution in [2.75, 3.05) is 6.61 Å². The van der Waals surface area contributed by atoms with E-state index in [0.29, 0.717) is 16.9 Å². The minimum absolute atomic E-state index is 0.202. The average Bonchev–Trinajstić information content (AvgIpc) is 2.53. The van der Waals surface area contributed by atoms with Gasteiger partial charge in [0.15, 0.2) is 0 Å². The van der Waals surface area contributed by atoms with Crippen LogP contribution in [0.4, 0.5) is 0 Å². The summed E-state index contributed by atoms with van der Waals surface area (Å²) in [7, 11) is 0. The van der Waals surface area contributed by atoms with E-state index in [-0.39, 0.29) is 12.2 Å². The quantitative estimate of drug-likeness (QED) is 0.543. The number of benzene rings is 2. The zero-order valence-corrected chi connectivity index (χ0v) is 11.2. The molecule has 3 heteroatoms. The first kappa shape index (κ1) is 13.0. The van der Waals surface area contributed by atoms with Crippen molar-refractivity contribution >= 4 is 11.0 Å². The van der Waals surface area contributed by atoms with Crippen LogP contribution in [0.1, 0.15) is 0 Å². The molecule has 3 rings (SSSR count). The molecule has 0 N–H and O–H groups in total. The fraction of sp³-hybridized carbons (Fsp3) is 0.0556. The monoisotopic (exact) mass is 276 g/mol. The summed E-state index contributed by atoms with van der Waals surface area (Å²) >= 11 is 0. The second-order valence-corrected chi connectivity index (χ2v) is 4.51. The third-order valence-corrected chi connectivity index (χ3v) is 3.11. The molecule has 1 aromatic heterocycles. The van der Waals surface area contributed by atoms with Gasteiger partial charge in [-0.3, -0.25) is 0 Å². The number of fused-ring (bicyclic) bond motifs is 1. The van der Waals surface area contributed by atoms with Gasteiger partial charge >= 0.3 is 5.63 Å². The molecule has 0 saturated heterocycles. The summed E-state index contributed by atoms with van der Waals surface area (Å²) in [4.78, 5) is 12.1. The molecule has 0 bridgehead atoms. The van der Waals surface area contributed by atoms with E-state index in [1.807, 2.05) is 36.4 Å². The fourth-order valence-corrected chi connectivity index (χ4v) is 2.14. The molecule has 0 aliphatic carbocycles. The standard InChI is InChI=1S/C18H12O3/c1-2-10-20-15-8-9-17-14(11-15)12-16(18(19)21-17)13-6-4-3-5-7-13/h1,3-9,11-12H,10H2. The van der Waals surface area contributed by atoms with Crippen LogP contribution >= 0.6 is 0 Å². The van der Waals surface area contributed by atoms with E-state index in [0.717, 1.165) is 10.9 Å². The number of hydrogen-bond donors (Lipinski definition) is 0. The molecule has 21 heavy (non-hydrogen) atoms. The smallest absolute Gasteiger partial charge is 0.344 e. The van der Waals surface area contributed by atoms with Crippen molar-refractivity contribution in [3.05, 3.63) is 65.0 Å². The van der Waals surface area contributed by atoms with Gasteiger partial charge < -0.3 is 9.15 Å². The summed E-state index contributed by atoms with van der Waals surface area (Å²) in [6.45, 7) is 0.202. The Hall–Kier alpha value is -2.99. The molecule has 3 nitrogen and oxygen atoms in total. The van der Waals surface area contributed by atoms with Gasteiger partial charge in [0.2, 0.25) is 0 Å². The van der Waals surface area contributed by atoms with E-state index in [9.17, 15) is 4.79 Å². The lowest BCUT2D eigenvalue weighted by Crippen LogP contribution is -2.02. The highest BCUT2D eigenvalue weighted by molar-refractivity contribution is 5.82. The van der Waals surface area contributed by atoms with Gasteiger partial charge in [0.05, 0.1) is 5.56 Å². The molecule has 0 fully saturated rings. The van der Waals surface area contributed by atoms with Gasteiger partial charge in [-0.25, -0.2) is 4.79 Å². The largest absolute Gasteiger partial charge is 0.481 e. The second kappa shape index (κ2) is 5.56. The van der Waals surface area contributed by atoms with E-state index in [4.69, 9.17) is 15.6 Å². The highest BCUT2D eigenvalue weighted by Gasteiger charge is 2.08. The Morgan fingerprint density at radius 1 is 1.10 bits per heavy atom. The zero-order valence-electron chi connectivity index (χ0n) is 11.2. The molecule has 1 heterocycles. The van der Waals surface area contributed by atoms with Gasteiger partial charge in [0.25, 0.3) is 0 Å². The van der Waals surface area contributed by atoms with Crippen LogP contribution in [0, 0.1) is 12.3 Å². The molecular weight excluding hydrogens is 264 g/mol. The lowest BCUT2D eigenvalue weighted by Gasteiger charge is -2.05. The molecular formula is C18H12O3. The summed E-state index contributed by atoms with van der Waals surface area (Å²) in [5.41, 5.74) is 1.51. The minimum Gasteiger partial charge on any atom is -0.481 e. The predicted molar refractivity (Wildman–Crippen MR) is 82.2 cm³/mol. The van der Waals surface area contributed by atoms with E-state index in [1.165, 1.54) is 0 Å². The molecule has 0 spiro atoms. The van der Waals surface area contributed by atoms with Crippen molar-refractivity contribution in [1.29, 1.82) is 0 Å². The molecule has 102 valence electrons. The number of hydrogen-bond acceptors (Lipinski definition) is 3. The first-order chi connectivity index (χ1) is 10.3. The number of terminal acetylenes is 1. The van der Waals surface area contributed by atoms with Gasteiger partial charge in [-0.2, -0.15) is 0 Å². The molecule has 0 saturated carbocycles. The molecule has 2 aromatic carbocycles. The maximum atomic E-state index is 12.1. The topological polar surface area (TPSA) is 39.4 Å². The lowest BCUT2D eigenvalue weighted by atomic mass is 10.1. The fourth-order valence-electron chi connectivity index (χ4n) is 2.14. The number of ether oxygens (including phenoxy) is 1. The van der Waals surface area contributed by atoms with Crippen molar-refractivity contribution < 1.29 is 9.15 Å². The van der Waals surface area contributed by atoms with Crippen molar-refractivity contribution in [2.24, 2.45) is 0 Å². The Morgan fingerprint density at radius 2 is 1.90 bits per heavy atom. The van der Waals surface area contributed by atoms with Gasteiger partial charge in [-0.15, -0.1) is 6.42 Å². The normalized spacial score (nSPS) is 10.2. The van der Waals surface area contributed by atoms with E-state index in [1.54, 1.807) is 18.2 Å². The molecule has 0 amide bonds. The van der Waals surface area contributed by atoms with Gasteiger partial charge in [-0.05, 0) is 29.8 Å². The lowest BCUT2D eigenvalue weighted by molar-refractivity contribution is 0.370. The van der Waals surface area contributed by atoms with Crippen LogP contribution in [0.2, 0.25) is 0 Å². The molecule has 3 aromatic rings. The average molecular weight is 276 g/mol. The van der Waals surface area contributed by atoms with Crippen molar-refractivity contribution in [1.82, 2.24) is 0 Å². The molecule has 0 radical (unpaired) electrons. The summed E-state index contributed by atoms with van der Waals surface area (Å²) in [6.07, 6.45) is 5.17. The summed E-state index contributed by atoms with van der Waals surface area (Å²) in [6, 6.07) is 16.5. The summed E-state index contributed by atoms with van der Waals surface area (Å²) in [5.74, 6) is 3.06. The highest BCUT2D eigenvalue weighted by Crippen LogP contribution is 2.24. The Kier molecular flexibility index (Phi) is 3.44. The molecule has 0 aliphatic heterocycles. The van der Waals surface area contributed by atoms with Crippen LogP contribution in [0.3, 0.4) is 0 Å². The molecule has 0 unspecified atom stereocenters. The van der Waals surface area contributed by atoms with Crippen molar-refractivity contribution in [2.45, 2.75) is 0 Å². The van der Waals surface area contributed by atoms with Gasteiger partial charge in [0.1, 0.15) is 17.9 Å². The van der Waals surface area contributed by atoms with E-state index in [2.05, 4.69) is 5.92 Å². The summed E-state index contributed by atoms with van der Waals surface area (Å²) in [5, 5.41) is 0.794. The molecule has 0 atom stereocenters. The third kappa shape index (κ3) is 2.65. The first-order valence-corrected chi connectivity index (χ1v) is 6.47. The van der Waals surface area contributed by atoms with Crippen LogP contribution in [-0.4, -0.2) is 6.61 Å². The van der Waals surface area contributed by atoms with Crippen LogP contribution in [-0.2, 0) is 0 Å². The third-order valence-electron chi connectivity index (χ3n) is 3.11. The first-order valence-electron chi connectivity index (χ1n) is 6.47. The summed E-state index contributed by atoms with van der Waals surface area (Å²) < 4.78 is 10.7. The maximum absolute atomic E-state index is 12.1. The molecule has 0 aliphatic rings. The second-order valence-electron chi connectivity index (χ2n) is 4.51. The van der Waals surface area contributed by atoms with E-state index >= 15 is 0 Å². The van der Waals surface area contributed by atoms with Crippen molar-refractivity contribution in [3.8, 4) is 29.2 Å². The van der Waals surface area contributed by atoms with Crippen LogP contribution in [0.15, 0.2) is 63.8 Å². The van der Waals surface area contributed by atoms with Gasteiger partial charge in [0, 0.05) is 5.39 Å².